The summed E-state index contributed by atoms with van der Waals surface area (Å²) in [5.41, 5.74) is 6.42. The Morgan fingerprint density at radius 1 is 1.29 bits per heavy atom. The van der Waals surface area contributed by atoms with Crippen molar-refractivity contribution in [2.45, 2.75) is 59.9 Å². The molecule has 1 aliphatic rings. The standard InChI is InChI=1S/C24H31F2NS/c1-7-16(3)21(8-2)22-11-10-20(28-22)15-27-14-13-18(5)24(19(27)6)17(4)9-12-23(25)26/h7-8,10-11,23H,4,6,9,12-15H2,1-3,5H3/b16-7-,21-8+. The van der Waals surface area contributed by atoms with Gasteiger partial charge in [-0.25, -0.2) is 8.78 Å². The van der Waals surface area contributed by atoms with Crippen molar-refractivity contribution in [2.24, 2.45) is 0 Å². The van der Waals surface area contributed by atoms with Gasteiger partial charge in [-0.1, -0.05) is 30.9 Å². The Hall–Kier alpha value is -1.94. The molecule has 152 valence electrons. The summed E-state index contributed by atoms with van der Waals surface area (Å²) in [5, 5.41) is 0. The van der Waals surface area contributed by atoms with Gasteiger partial charge in [0.05, 0.1) is 6.54 Å². The fraction of sp³-hybridized carbons (Fsp3) is 0.417. The normalized spacial score (nSPS) is 16.4. The Kier molecular flexibility index (Phi) is 7.99. The van der Waals surface area contributed by atoms with Gasteiger partial charge in [-0.3, -0.25) is 0 Å². The van der Waals surface area contributed by atoms with Gasteiger partial charge in [0.1, 0.15) is 0 Å². The third-order valence-corrected chi connectivity index (χ3v) is 6.40. The second-order valence-corrected chi connectivity index (χ2v) is 8.42. The second kappa shape index (κ2) is 10.0. The largest absolute Gasteiger partial charge is 0.366 e. The Morgan fingerprint density at radius 3 is 2.61 bits per heavy atom. The van der Waals surface area contributed by atoms with E-state index >= 15 is 0 Å². The predicted octanol–water partition coefficient (Wildman–Crippen LogP) is 7.76. The molecule has 0 amide bonds. The summed E-state index contributed by atoms with van der Waals surface area (Å²) in [5.74, 6) is 0. The number of halogens is 2. The molecule has 0 saturated heterocycles. The van der Waals surface area contributed by atoms with E-state index in [9.17, 15) is 8.78 Å². The predicted molar refractivity (Wildman–Crippen MR) is 119 cm³/mol. The van der Waals surface area contributed by atoms with Crippen molar-refractivity contribution in [2.75, 3.05) is 6.54 Å². The van der Waals surface area contributed by atoms with Crippen LogP contribution in [0.2, 0.25) is 0 Å². The highest BCUT2D eigenvalue weighted by atomic mass is 32.1. The lowest BCUT2D eigenvalue weighted by Gasteiger charge is -2.34. The first-order chi connectivity index (χ1) is 13.3. The van der Waals surface area contributed by atoms with E-state index in [0.29, 0.717) is 6.42 Å². The first-order valence-electron chi connectivity index (χ1n) is 9.77. The lowest BCUT2D eigenvalue weighted by atomic mass is 9.90. The minimum Gasteiger partial charge on any atom is -0.366 e. The summed E-state index contributed by atoms with van der Waals surface area (Å²) in [6.07, 6.45) is 3.07. The number of nitrogens with zero attached hydrogens (tertiary/aromatic N) is 1. The third-order valence-electron chi connectivity index (χ3n) is 5.29. The second-order valence-electron chi connectivity index (χ2n) is 7.25. The number of hydrogen-bond donors (Lipinski definition) is 0. The first kappa shape index (κ1) is 22.4. The van der Waals surface area contributed by atoms with Crippen molar-refractivity contribution in [3.05, 3.63) is 75.2 Å². The molecule has 0 N–H and O–H groups in total. The molecule has 28 heavy (non-hydrogen) atoms. The van der Waals surface area contributed by atoms with Crippen LogP contribution in [0.1, 0.15) is 56.7 Å². The van der Waals surface area contributed by atoms with Crippen LogP contribution < -0.4 is 0 Å². The van der Waals surface area contributed by atoms with Crippen LogP contribution in [0.25, 0.3) is 5.57 Å². The van der Waals surface area contributed by atoms with E-state index in [1.54, 1.807) is 11.3 Å². The molecule has 0 bridgehead atoms. The fourth-order valence-corrected chi connectivity index (χ4v) is 4.74. The Balaban J connectivity index is 2.14. The molecule has 4 heteroatoms. The molecule has 0 radical (unpaired) electrons. The molecule has 2 rings (SSSR count). The monoisotopic (exact) mass is 403 g/mol. The number of alkyl halides is 2. The zero-order valence-corrected chi connectivity index (χ0v) is 18.3. The van der Waals surface area contributed by atoms with Crippen LogP contribution in [0.5, 0.6) is 0 Å². The number of rotatable bonds is 8. The minimum atomic E-state index is -2.29. The minimum absolute atomic E-state index is 0.145. The van der Waals surface area contributed by atoms with Gasteiger partial charge < -0.3 is 4.90 Å². The molecular weight excluding hydrogens is 372 g/mol. The van der Waals surface area contributed by atoms with Crippen LogP contribution in [0, 0.1) is 0 Å². The maximum Gasteiger partial charge on any atom is 0.239 e. The average Bonchev–Trinajstić information content (AvgIpc) is 3.11. The number of hydrogen-bond acceptors (Lipinski definition) is 2. The number of allylic oxidation sites excluding steroid dienone is 5. The highest BCUT2D eigenvalue weighted by molar-refractivity contribution is 7.13. The molecule has 0 aliphatic carbocycles. The van der Waals surface area contributed by atoms with Crippen LogP contribution in [0.4, 0.5) is 8.78 Å². The zero-order valence-electron chi connectivity index (χ0n) is 17.4. The van der Waals surface area contributed by atoms with Crippen molar-refractivity contribution in [1.29, 1.82) is 0 Å². The summed E-state index contributed by atoms with van der Waals surface area (Å²) >= 11 is 1.80. The van der Waals surface area contributed by atoms with E-state index < -0.39 is 6.43 Å². The van der Waals surface area contributed by atoms with Gasteiger partial charge in [0.15, 0.2) is 0 Å². The van der Waals surface area contributed by atoms with Crippen molar-refractivity contribution < 1.29 is 8.78 Å². The van der Waals surface area contributed by atoms with Crippen molar-refractivity contribution in [3.63, 3.8) is 0 Å². The Bertz CT molecular complexity index is 823. The van der Waals surface area contributed by atoms with Crippen LogP contribution in [0.15, 0.2) is 65.4 Å². The van der Waals surface area contributed by atoms with E-state index in [4.69, 9.17) is 0 Å². The quantitative estimate of drug-likeness (QED) is 0.401. The van der Waals surface area contributed by atoms with E-state index in [-0.39, 0.29) is 6.42 Å². The molecule has 1 nitrogen and oxygen atoms in total. The fourth-order valence-electron chi connectivity index (χ4n) is 3.57. The lowest BCUT2D eigenvalue weighted by Crippen LogP contribution is -2.28. The van der Waals surface area contributed by atoms with E-state index in [1.807, 2.05) is 0 Å². The van der Waals surface area contributed by atoms with E-state index in [0.717, 1.165) is 36.4 Å². The van der Waals surface area contributed by atoms with Crippen molar-refractivity contribution in [1.82, 2.24) is 4.90 Å². The summed E-state index contributed by atoms with van der Waals surface area (Å²) in [7, 11) is 0. The summed E-state index contributed by atoms with van der Waals surface area (Å²) in [4.78, 5) is 4.80. The molecule has 0 aromatic carbocycles. The molecule has 0 fully saturated rings. The van der Waals surface area contributed by atoms with Gasteiger partial charge >= 0.3 is 0 Å². The van der Waals surface area contributed by atoms with Gasteiger partial charge in [0.25, 0.3) is 0 Å². The molecule has 0 atom stereocenters. The summed E-state index contributed by atoms with van der Waals surface area (Å²) in [6, 6.07) is 4.36. The van der Waals surface area contributed by atoms with Crippen molar-refractivity contribution in [3.8, 4) is 0 Å². The van der Waals surface area contributed by atoms with Gasteiger partial charge in [-0.15, -0.1) is 11.3 Å². The lowest BCUT2D eigenvalue weighted by molar-refractivity contribution is 0.138. The average molecular weight is 404 g/mol. The molecule has 1 aliphatic heterocycles. The SMILES string of the molecule is C=C(CCC(F)F)C1=C(C)CCN(Cc2ccc(C(=C/C)/C(C)=C\C)s2)C1=C. The molecule has 0 unspecified atom stereocenters. The molecule has 1 aromatic rings. The van der Waals surface area contributed by atoms with E-state index in [1.165, 1.54) is 26.5 Å². The Morgan fingerprint density at radius 2 is 2.00 bits per heavy atom. The van der Waals surface area contributed by atoms with Gasteiger partial charge in [-0.2, -0.15) is 0 Å². The molecule has 2 heterocycles. The molecule has 1 aromatic heterocycles. The molecule has 0 spiro atoms. The van der Waals surface area contributed by atoms with Gasteiger partial charge in [0.2, 0.25) is 6.43 Å². The smallest absolute Gasteiger partial charge is 0.239 e. The molecule has 0 saturated carbocycles. The van der Waals surface area contributed by atoms with Crippen LogP contribution >= 0.6 is 11.3 Å². The highest BCUT2D eigenvalue weighted by Gasteiger charge is 2.23. The van der Waals surface area contributed by atoms with Crippen LogP contribution in [-0.4, -0.2) is 17.9 Å². The molecular formula is C24H31F2NS. The van der Waals surface area contributed by atoms with Crippen molar-refractivity contribution >= 4 is 16.9 Å². The van der Waals surface area contributed by atoms with Gasteiger partial charge in [-0.05, 0) is 75.0 Å². The maximum absolute atomic E-state index is 12.6. The van der Waals surface area contributed by atoms with E-state index in [2.05, 4.69) is 70.0 Å². The summed E-state index contributed by atoms with van der Waals surface area (Å²) < 4.78 is 25.2. The Labute approximate surface area is 172 Å². The first-order valence-corrected chi connectivity index (χ1v) is 10.6. The van der Waals surface area contributed by atoms with Crippen LogP contribution in [-0.2, 0) is 6.54 Å². The highest BCUT2D eigenvalue weighted by Crippen LogP contribution is 2.36. The van der Waals surface area contributed by atoms with Crippen LogP contribution in [0.3, 0.4) is 0 Å². The summed E-state index contributed by atoms with van der Waals surface area (Å²) in [6.45, 7) is 18.3. The zero-order chi connectivity index (χ0) is 20.8. The third kappa shape index (κ3) is 5.32. The topological polar surface area (TPSA) is 3.24 Å². The maximum atomic E-state index is 12.6. The number of thiophene rings is 1. The van der Waals surface area contributed by atoms with Gasteiger partial charge in [0, 0.05) is 28.4 Å².